The maximum absolute atomic E-state index is 12.5. The van der Waals surface area contributed by atoms with Crippen molar-refractivity contribution in [1.82, 2.24) is 4.98 Å². The lowest BCUT2D eigenvalue weighted by Gasteiger charge is -2.25. The van der Waals surface area contributed by atoms with Crippen LogP contribution in [0, 0.1) is 6.92 Å². The molecular formula is C26H32N2O4S. The largest absolute Gasteiger partial charge is 0.496 e. The molecule has 0 amide bonds. The molecule has 0 fully saturated rings. The van der Waals surface area contributed by atoms with Crippen LogP contribution in [0.3, 0.4) is 0 Å². The normalized spacial score (nSPS) is 11.9. The summed E-state index contributed by atoms with van der Waals surface area (Å²) in [5.74, 6) is 0.839. The van der Waals surface area contributed by atoms with Crippen molar-refractivity contribution in [3.8, 4) is 16.9 Å². The minimum absolute atomic E-state index is 0.127. The summed E-state index contributed by atoms with van der Waals surface area (Å²) in [6.07, 6.45) is 4.23. The zero-order valence-electron chi connectivity index (χ0n) is 20.1. The van der Waals surface area contributed by atoms with Crippen LogP contribution in [0.1, 0.15) is 43.0 Å². The lowest BCUT2D eigenvalue weighted by Crippen LogP contribution is -2.16. The van der Waals surface area contributed by atoms with E-state index >= 15 is 0 Å². The van der Waals surface area contributed by atoms with Gasteiger partial charge >= 0.3 is 0 Å². The summed E-state index contributed by atoms with van der Waals surface area (Å²) < 4.78 is 31.4. The Bertz CT molecular complexity index is 1320. The summed E-state index contributed by atoms with van der Waals surface area (Å²) >= 11 is 0. The Morgan fingerprint density at radius 3 is 2.30 bits per heavy atom. The van der Waals surface area contributed by atoms with Crippen molar-refractivity contribution in [2.45, 2.75) is 46.0 Å². The summed E-state index contributed by atoms with van der Waals surface area (Å²) in [5.41, 5.74) is 5.94. The van der Waals surface area contributed by atoms with Crippen LogP contribution in [-0.4, -0.2) is 26.8 Å². The van der Waals surface area contributed by atoms with Crippen molar-refractivity contribution >= 4 is 15.7 Å². The van der Waals surface area contributed by atoms with E-state index in [9.17, 15) is 13.2 Å². The van der Waals surface area contributed by atoms with Gasteiger partial charge in [0.05, 0.1) is 13.4 Å². The van der Waals surface area contributed by atoms with Crippen LogP contribution < -0.4 is 15.0 Å². The smallest absolute Gasteiger partial charge is 0.255 e. The van der Waals surface area contributed by atoms with Gasteiger partial charge < -0.3 is 9.72 Å². The number of rotatable bonds is 7. The molecule has 3 rings (SSSR count). The van der Waals surface area contributed by atoms with E-state index < -0.39 is 10.0 Å². The Hall–Kier alpha value is -3.06. The average molecular weight is 469 g/mol. The Labute approximate surface area is 196 Å². The number of ether oxygens (including phenoxy) is 1. The molecule has 0 atom stereocenters. The predicted molar refractivity (Wildman–Crippen MR) is 135 cm³/mol. The fourth-order valence-electron chi connectivity index (χ4n) is 4.00. The number of sulfonamides is 1. The van der Waals surface area contributed by atoms with Gasteiger partial charge in [0.1, 0.15) is 5.75 Å². The van der Waals surface area contributed by atoms with E-state index in [1.807, 2.05) is 43.3 Å². The molecule has 2 aromatic carbocycles. The van der Waals surface area contributed by atoms with E-state index in [4.69, 9.17) is 4.74 Å². The number of aryl methyl sites for hydroxylation is 3. The topological polar surface area (TPSA) is 88.3 Å². The van der Waals surface area contributed by atoms with Crippen molar-refractivity contribution in [1.29, 1.82) is 0 Å². The summed E-state index contributed by atoms with van der Waals surface area (Å²) in [5, 5.41) is 0. The lowest BCUT2D eigenvalue weighted by molar-refractivity contribution is 0.392. The van der Waals surface area contributed by atoms with E-state index in [0.717, 1.165) is 46.2 Å². The number of aromatic amines is 1. The first kappa shape index (κ1) is 24.6. The summed E-state index contributed by atoms with van der Waals surface area (Å²) in [7, 11) is -1.64. The van der Waals surface area contributed by atoms with Crippen LogP contribution in [0.15, 0.2) is 53.5 Å². The highest BCUT2D eigenvalue weighted by Crippen LogP contribution is 2.38. The van der Waals surface area contributed by atoms with Gasteiger partial charge in [-0.2, -0.15) is 0 Å². The van der Waals surface area contributed by atoms with Crippen molar-refractivity contribution in [3.63, 3.8) is 0 Å². The minimum Gasteiger partial charge on any atom is -0.496 e. The first-order valence-electron chi connectivity index (χ1n) is 10.9. The van der Waals surface area contributed by atoms with Gasteiger partial charge in [-0.3, -0.25) is 9.52 Å². The molecule has 3 aromatic rings. The van der Waals surface area contributed by atoms with E-state index in [1.165, 1.54) is 0 Å². The quantitative estimate of drug-likeness (QED) is 0.521. The Kier molecular flexibility index (Phi) is 7.03. The van der Waals surface area contributed by atoms with Crippen molar-refractivity contribution in [2.75, 3.05) is 18.1 Å². The van der Waals surface area contributed by atoms with Crippen molar-refractivity contribution in [3.05, 3.63) is 81.3 Å². The highest BCUT2D eigenvalue weighted by atomic mass is 32.2. The molecular weight excluding hydrogens is 436 g/mol. The molecule has 0 radical (unpaired) electrons. The van der Waals surface area contributed by atoms with E-state index in [1.54, 1.807) is 19.4 Å². The number of hydrogen-bond donors (Lipinski definition) is 2. The number of anilines is 1. The number of methoxy groups -OCH3 is 1. The lowest BCUT2D eigenvalue weighted by atomic mass is 9.82. The second-order valence-electron chi connectivity index (χ2n) is 9.39. The summed E-state index contributed by atoms with van der Waals surface area (Å²) in [4.78, 5) is 15.2. The Morgan fingerprint density at radius 1 is 1.03 bits per heavy atom. The zero-order valence-corrected chi connectivity index (χ0v) is 20.9. The highest BCUT2D eigenvalue weighted by molar-refractivity contribution is 7.92. The van der Waals surface area contributed by atoms with E-state index in [-0.39, 0.29) is 11.0 Å². The van der Waals surface area contributed by atoms with Crippen LogP contribution in [0.4, 0.5) is 5.69 Å². The average Bonchev–Trinajstić information content (AvgIpc) is 2.71. The molecule has 0 bridgehead atoms. The highest BCUT2D eigenvalue weighted by Gasteiger charge is 2.23. The molecule has 1 heterocycles. The molecule has 2 N–H and O–H groups in total. The van der Waals surface area contributed by atoms with Crippen molar-refractivity contribution < 1.29 is 13.2 Å². The second-order valence-corrected chi connectivity index (χ2v) is 11.1. The molecule has 7 heteroatoms. The van der Waals surface area contributed by atoms with Gasteiger partial charge in [-0.05, 0) is 83.8 Å². The standard InChI is InChI=1S/C26H32N2O4S/c1-17-14-21(28-33(6,30)31)12-11-18(17)9-10-19-15-20(22-8-7-13-27-25(22)29)16-23(24(19)32-5)26(2,3)4/h7-8,11-16,28H,9-10H2,1-6H3,(H,27,29). The first-order chi connectivity index (χ1) is 15.4. The fourth-order valence-corrected chi connectivity index (χ4v) is 4.56. The first-order valence-corrected chi connectivity index (χ1v) is 12.7. The molecule has 0 unspecified atom stereocenters. The zero-order chi connectivity index (χ0) is 24.4. The van der Waals surface area contributed by atoms with Crippen LogP contribution in [0.5, 0.6) is 5.75 Å². The number of aromatic nitrogens is 1. The van der Waals surface area contributed by atoms with Gasteiger partial charge in [0, 0.05) is 23.0 Å². The number of nitrogens with one attached hydrogen (secondary N) is 2. The third kappa shape index (κ3) is 6.05. The molecule has 0 aliphatic heterocycles. The number of H-pyrrole nitrogens is 1. The fraction of sp³-hybridized carbons (Fsp3) is 0.346. The maximum atomic E-state index is 12.5. The van der Waals surface area contributed by atoms with Gasteiger partial charge in [-0.25, -0.2) is 8.42 Å². The van der Waals surface area contributed by atoms with Crippen LogP contribution in [-0.2, 0) is 28.3 Å². The van der Waals surface area contributed by atoms with E-state index in [0.29, 0.717) is 17.7 Å². The number of pyridine rings is 1. The molecule has 0 aliphatic rings. The monoisotopic (exact) mass is 468 g/mol. The van der Waals surface area contributed by atoms with Crippen LogP contribution >= 0.6 is 0 Å². The van der Waals surface area contributed by atoms with Gasteiger partial charge in [-0.1, -0.05) is 26.8 Å². The SMILES string of the molecule is COc1c(CCc2ccc(NS(C)(=O)=O)cc2C)cc(-c2ccc[nH]c2=O)cc1C(C)(C)C. The van der Waals surface area contributed by atoms with Gasteiger partial charge in [0.15, 0.2) is 0 Å². The summed E-state index contributed by atoms with van der Waals surface area (Å²) in [6, 6.07) is 13.3. The molecule has 0 spiro atoms. The Balaban J connectivity index is 2.01. The molecule has 176 valence electrons. The van der Waals surface area contributed by atoms with Crippen molar-refractivity contribution in [2.24, 2.45) is 0 Å². The number of hydrogen-bond acceptors (Lipinski definition) is 4. The summed E-state index contributed by atoms with van der Waals surface area (Å²) in [6.45, 7) is 8.36. The third-order valence-corrected chi connectivity index (χ3v) is 6.22. The minimum atomic E-state index is -3.32. The Morgan fingerprint density at radius 2 is 1.73 bits per heavy atom. The van der Waals surface area contributed by atoms with Gasteiger partial charge in [0.2, 0.25) is 10.0 Å². The maximum Gasteiger partial charge on any atom is 0.255 e. The molecule has 0 aliphatic carbocycles. The van der Waals surface area contributed by atoms with Crippen LogP contribution in [0.2, 0.25) is 0 Å². The molecule has 6 nitrogen and oxygen atoms in total. The van der Waals surface area contributed by atoms with E-state index in [2.05, 4.69) is 30.5 Å². The third-order valence-electron chi connectivity index (χ3n) is 5.62. The molecule has 1 aromatic heterocycles. The predicted octanol–water partition coefficient (Wildman–Crippen LogP) is 4.81. The number of benzene rings is 2. The second kappa shape index (κ2) is 9.43. The molecule has 0 saturated heterocycles. The van der Waals surface area contributed by atoms with Gasteiger partial charge in [0.25, 0.3) is 5.56 Å². The molecule has 0 saturated carbocycles. The van der Waals surface area contributed by atoms with Crippen LogP contribution in [0.25, 0.3) is 11.1 Å². The molecule has 33 heavy (non-hydrogen) atoms. The van der Waals surface area contributed by atoms with Gasteiger partial charge in [-0.15, -0.1) is 0 Å².